The molecule has 130 valence electrons. The second kappa shape index (κ2) is 6.20. The van der Waals surface area contributed by atoms with Crippen LogP contribution >= 0.6 is 0 Å². The number of para-hydroxylation sites is 1. The van der Waals surface area contributed by atoms with Crippen LogP contribution in [0.4, 0.5) is 5.69 Å². The van der Waals surface area contributed by atoms with Gasteiger partial charge in [-0.05, 0) is 23.6 Å². The highest BCUT2D eigenvalue weighted by atomic mass is 16.5. The Morgan fingerprint density at radius 1 is 1.24 bits per heavy atom. The highest BCUT2D eigenvalue weighted by Gasteiger charge is 2.30. The molecule has 1 aromatic heterocycles. The van der Waals surface area contributed by atoms with Gasteiger partial charge in [-0.25, -0.2) is 9.78 Å². The lowest BCUT2D eigenvalue weighted by Gasteiger charge is -2.33. The number of carbonyl (C=O) groups is 2. The SMILES string of the molecule is CC(C)(C)c1cccc2c1OCCN2C(=O)c1ccnc(C(=O)O)c1. The minimum Gasteiger partial charge on any atom is -0.489 e. The zero-order valence-electron chi connectivity index (χ0n) is 14.4. The Kier molecular flexibility index (Phi) is 4.20. The number of nitrogens with zero attached hydrogens (tertiary/aromatic N) is 2. The van der Waals surface area contributed by atoms with Crippen LogP contribution in [0.1, 0.15) is 47.2 Å². The fraction of sp³-hybridized carbons (Fsp3) is 0.316. The molecule has 0 atom stereocenters. The first kappa shape index (κ1) is 17.0. The fourth-order valence-electron chi connectivity index (χ4n) is 2.89. The van der Waals surface area contributed by atoms with Crippen molar-refractivity contribution < 1.29 is 19.4 Å². The number of rotatable bonds is 2. The number of carbonyl (C=O) groups excluding carboxylic acids is 1. The van der Waals surface area contributed by atoms with Crippen LogP contribution in [0.15, 0.2) is 36.5 Å². The lowest BCUT2D eigenvalue weighted by molar-refractivity contribution is 0.0690. The molecule has 0 unspecified atom stereocenters. The number of aromatic nitrogens is 1. The maximum Gasteiger partial charge on any atom is 0.354 e. The monoisotopic (exact) mass is 340 g/mol. The van der Waals surface area contributed by atoms with E-state index in [0.29, 0.717) is 30.2 Å². The van der Waals surface area contributed by atoms with Crippen molar-refractivity contribution in [2.45, 2.75) is 26.2 Å². The molecule has 6 nitrogen and oxygen atoms in total. The largest absolute Gasteiger partial charge is 0.489 e. The smallest absolute Gasteiger partial charge is 0.354 e. The van der Waals surface area contributed by atoms with E-state index in [1.807, 2.05) is 18.2 Å². The molecule has 3 rings (SSSR count). The molecule has 0 saturated carbocycles. The van der Waals surface area contributed by atoms with E-state index >= 15 is 0 Å². The number of carboxylic acid groups (broad SMARTS) is 1. The molecule has 1 aliphatic heterocycles. The Morgan fingerprint density at radius 3 is 2.68 bits per heavy atom. The van der Waals surface area contributed by atoms with E-state index in [1.54, 1.807) is 4.90 Å². The standard InChI is InChI=1S/C19H20N2O4/c1-19(2,3)13-5-4-6-15-16(13)25-10-9-21(15)17(22)12-7-8-20-14(11-12)18(23)24/h4-8,11H,9-10H2,1-3H3,(H,23,24). The van der Waals surface area contributed by atoms with Crippen molar-refractivity contribution in [2.24, 2.45) is 0 Å². The molecule has 2 aromatic rings. The third kappa shape index (κ3) is 3.20. The number of aromatic carboxylic acids is 1. The van der Waals surface area contributed by atoms with Gasteiger partial charge in [-0.15, -0.1) is 0 Å². The summed E-state index contributed by atoms with van der Waals surface area (Å²) in [6.07, 6.45) is 1.34. The summed E-state index contributed by atoms with van der Waals surface area (Å²) in [5.41, 5.74) is 1.76. The minimum absolute atomic E-state index is 0.120. The van der Waals surface area contributed by atoms with Crippen LogP contribution in [-0.2, 0) is 5.41 Å². The Balaban J connectivity index is 2.03. The number of benzene rings is 1. The van der Waals surface area contributed by atoms with Crippen molar-refractivity contribution in [2.75, 3.05) is 18.1 Å². The van der Waals surface area contributed by atoms with Gasteiger partial charge in [0.2, 0.25) is 0 Å². The second-order valence-corrected chi connectivity index (χ2v) is 6.94. The van der Waals surface area contributed by atoms with E-state index in [4.69, 9.17) is 9.84 Å². The van der Waals surface area contributed by atoms with Gasteiger partial charge < -0.3 is 14.7 Å². The second-order valence-electron chi connectivity index (χ2n) is 6.94. The van der Waals surface area contributed by atoms with Crippen LogP contribution in [0.3, 0.4) is 0 Å². The molecule has 2 heterocycles. The lowest BCUT2D eigenvalue weighted by atomic mass is 9.85. The summed E-state index contributed by atoms with van der Waals surface area (Å²) in [5.74, 6) is -0.713. The molecular formula is C19H20N2O4. The topological polar surface area (TPSA) is 79.7 Å². The maximum absolute atomic E-state index is 12.9. The molecule has 25 heavy (non-hydrogen) atoms. The highest BCUT2D eigenvalue weighted by Crippen LogP contribution is 2.41. The average Bonchev–Trinajstić information content (AvgIpc) is 2.59. The van der Waals surface area contributed by atoms with Crippen LogP contribution < -0.4 is 9.64 Å². The third-order valence-electron chi connectivity index (χ3n) is 4.13. The summed E-state index contributed by atoms with van der Waals surface area (Å²) in [5, 5.41) is 9.08. The normalized spacial score (nSPS) is 13.8. The van der Waals surface area contributed by atoms with Gasteiger partial charge in [0.05, 0.1) is 12.2 Å². The summed E-state index contributed by atoms with van der Waals surface area (Å²) >= 11 is 0. The first-order valence-electron chi connectivity index (χ1n) is 8.06. The Bertz CT molecular complexity index is 840. The molecule has 1 N–H and O–H groups in total. The van der Waals surface area contributed by atoms with E-state index < -0.39 is 5.97 Å². The molecule has 6 heteroatoms. The molecular weight excluding hydrogens is 320 g/mol. The van der Waals surface area contributed by atoms with E-state index in [2.05, 4.69) is 25.8 Å². The van der Waals surface area contributed by atoms with Crippen molar-refractivity contribution >= 4 is 17.6 Å². The molecule has 0 bridgehead atoms. The Labute approximate surface area is 146 Å². The summed E-state index contributed by atoms with van der Waals surface area (Å²) in [6.45, 7) is 7.07. The van der Waals surface area contributed by atoms with Gasteiger partial charge in [-0.3, -0.25) is 4.79 Å². The number of fused-ring (bicyclic) bond motifs is 1. The molecule has 0 fully saturated rings. The van der Waals surface area contributed by atoms with Crippen LogP contribution in [0.2, 0.25) is 0 Å². The lowest BCUT2D eigenvalue weighted by Crippen LogP contribution is -2.38. The Morgan fingerprint density at radius 2 is 2.00 bits per heavy atom. The van der Waals surface area contributed by atoms with Crippen molar-refractivity contribution in [3.8, 4) is 5.75 Å². The quantitative estimate of drug-likeness (QED) is 0.908. The maximum atomic E-state index is 12.9. The van der Waals surface area contributed by atoms with Crippen LogP contribution in [0.25, 0.3) is 0 Å². The van der Waals surface area contributed by atoms with Gasteiger partial charge in [0.1, 0.15) is 18.1 Å². The number of anilines is 1. The van der Waals surface area contributed by atoms with Gasteiger partial charge in [-0.1, -0.05) is 32.9 Å². The first-order valence-corrected chi connectivity index (χ1v) is 8.06. The van der Waals surface area contributed by atoms with E-state index in [0.717, 1.165) is 5.56 Å². The summed E-state index contributed by atoms with van der Waals surface area (Å²) < 4.78 is 5.86. The van der Waals surface area contributed by atoms with Gasteiger partial charge in [0.15, 0.2) is 0 Å². The van der Waals surface area contributed by atoms with E-state index in [1.165, 1.54) is 18.3 Å². The summed E-state index contributed by atoms with van der Waals surface area (Å²) in [4.78, 5) is 29.4. The van der Waals surface area contributed by atoms with Crippen molar-refractivity contribution in [3.63, 3.8) is 0 Å². The zero-order chi connectivity index (χ0) is 18.2. The van der Waals surface area contributed by atoms with Crippen molar-refractivity contribution in [3.05, 3.63) is 53.3 Å². The molecule has 0 spiro atoms. The number of carboxylic acids is 1. The molecule has 0 radical (unpaired) electrons. The highest BCUT2D eigenvalue weighted by molar-refractivity contribution is 6.08. The minimum atomic E-state index is -1.16. The van der Waals surface area contributed by atoms with Gasteiger partial charge in [-0.2, -0.15) is 0 Å². The Hall–Kier alpha value is -2.89. The van der Waals surface area contributed by atoms with Crippen LogP contribution in [-0.4, -0.2) is 35.1 Å². The van der Waals surface area contributed by atoms with Crippen LogP contribution in [0, 0.1) is 0 Å². The first-order chi connectivity index (χ1) is 11.8. The summed E-state index contributed by atoms with van der Waals surface area (Å²) in [6, 6.07) is 8.58. The van der Waals surface area contributed by atoms with Gasteiger partial charge in [0, 0.05) is 17.3 Å². The molecule has 1 aromatic carbocycles. The van der Waals surface area contributed by atoms with Crippen molar-refractivity contribution in [1.82, 2.24) is 4.98 Å². The number of ether oxygens (including phenoxy) is 1. The number of hydrogen-bond donors (Lipinski definition) is 1. The molecule has 0 saturated heterocycles. The zero-order valence-corrected chi connectivity index (χ0v) is 14.4. The molecule has 1 amide bonds. The van der Waals surface area contributed by atoms with E-state index in [9.17, 15) is 9.59 Å². The van der Waals surface area contributed by atoms with Crippen molar-refractivity contribution in [1.29, 1.82) is 0 Å². The number of hydrogen-bond acceptors (Lipinski definition) is 4. The van der Waals surface area contributed by atoms with Crippen LogP contribution in [0.5, 0.6) is 5.75 Å². The van der Waals surface area contributed by atoms with Gasteiger partial charge >= 0.3 is 5.97 Å². The predicted molar refractivity (Wildman–Crippen MR) is 93.5 cm³/mol. The number of pyridine rings is 1. The number of amides is 1. The predicted octanol–water partition coefficient (Wildman–Crippen LogP) is 3.12. The third-order valence-corrected chi connectivity index (χ3v) is 4.13. The van der Waals surface area contributed by atoms with Gasteiger partial charge in [0.25, 0.3) is 5.91 Å². The molecule has 0 aliphatic carbocycles. The van der Waals surface area contributed by atoms with E-state index in [-0.39, 0.29) is 17.0 Å². The fourth-order valence-corrected chi connectivity index (χ4v) is 2.89. The summed E-state index contributed by atoms with van der Waals surface area (Å²) in [7, 11) is 0. The molecule has 1 aliphatic rings. The average molecular weight is 340 g/mol.